The maximum absolute atomic E-state index is 13.6. The fourth-order valence-electron chi connectivity index (χ4n) is 1.54. The van der Waals surface area contributed by atoms with Crippen LogP contribution in [0.2, 0.25) is 0 Å². The van der Waals surface area contributed by atoms with Crippen molar-refractivity contribution in [3.05, 3.63) is 59.2 Å². The van der Waals surface area contributed by atoms with E-state index in [0.717, 1.165) is 11.3 Å². The largest absolute Gasteiger partial charge is 0.320 e. The maximum Gasteiger partial charge on any atom is 0.258 e. The average Bonchev–Trinajstić information content (AvgIpc) is 2.32. The summed E-state index contributed by atoms with van der Waals surface area (Å²) < 4.78 is 13.6. The van der Waals surface area contributed by atoms with Crippen LogP contribution in [-0.4, -0.2) is 10.9 Å². The van der Waals surface area contributed by atoms with Gasteiger partial charge in [0.15, 0.2) is 0 Å². The molecule has 2 aromatic rings. The Morgan fingerprint density at radius 3 is 2.61 bits per heavy atom. The zero-order valence-electron chi connectivity index (χ0n) is 10.2. The number of nitrogens with zero attached hydrogens (tertiary/aromatic N) is 1. The molecule has 1 amide bonds. The number of hydrogen-bond acceptors (Lipinski definition) is 2. The average molecular weight is 244 g/mol. The summed E-state index contributed by atoms with van der Waals surface area (Å²) in [6, 6.07) is 8.02. The summed E-state index contributed by atoms with van der Waals surface area (Å²) in [5, 5.41) is 2.60. The van der Waals surface area contributed by atoms with Crippen LogP contribution in [0.1, 0.15) is 21.6 Å². The highest BCUT2D eigenvalue weighted by Gasteiger charge is 2.11. The Kier molecular flexibility index (Phi) is 3.37. The molecule has 3 nitrogen and oxygen atoms in total. The van der Waals surface area contributed by atoms with E-state index in [4.69, 9.17) is 0 Å². The lowest BCUT2D eigenvalue weighted by molar-refractivity contribution is 0.102. The highest BCUT2D eigenvalue weighted by molar-refractivity contribution is 6.04. The first-order valence-electron chi connectivity index (χ1n) is 5.56. The Balaban J connectivity index is 2.19. The topological polar surface area (TPSA) is 42.0 Å². The molecule has 0 bridgehead atoms. The van der Waals surface area contributed by atoms with E-state index in [9.17, 15) is 9.18 Å². The van der Waals surface area contributed by atoms with Gasteiger partial charge >= 0.3 is 0 Å². The summed E-state index contributed by atoms with van der Waals surface area (Å²) in [6.45, 7) is 3.62. The van der Waals surface area contributed by atoms with Crippen molar-refractivity contribution in [2.24, 2.45) is 0 Å². The number of carbonyl (C=O) groups excluding carboxylic acids is 1. The van der Waals surface area contributed by atoms with Crippen molar-refractivity contribution >= 4 is 11.6 Å². The van der Waals surface area contributed by atoms with Crippen LogP contribution in [0.5, 0.6) is 0 Å². The van der Waals surface area contributed by atoms with Gasteiger partial charge in [-0.2, -0.15) is 0 Å². The summed E-state index contributed by atoms with van der Waals surface area (Å²) in [6.07, 6.45) is 1.54. The number of rotatable bonds is 2. The number of carbonyl (C=O) groups is 1. The zero-order valence-corrected chi connectivity index (χ0v) is 10.2. The molecule has 0 aliphatic rings. The highest BCUT2D eigenvalue weighted by atomic mass is 19.1. The zero-order chi connectivity index (χ0) is 13.1. The van der Waals surface area contributed by atoms with Crippen LogP contribution in [0.25, 0.3) is 0 Å². The Hall–Kier alpha value is -2.23. The maximum atomic E-state index is 13.6. The van der Waals surface area contributed by atoms with Gasteiger partial charge in [0.2, 0.25) is 0 Å². The number of hydrogen-bond donors (Lipinski definition) is 1. The van der Waals surface area contributed by atoms with Gasteiger partial charge in [-0.15, -0.1) is 0 Å². The van der Waals surface area contributed by atoms with Crippen molar-refractivity contribution in [2.45, 2.75) is 13.8 Å². The van der Waals surface area contributed by atoms with Gasteiger partial charge in [0.25, 0.3) is 5.91 Å². The van der Waals surface area contributed by atoms with E-state index >= 15 is 0 Å². The molecule has 2 rings (SSSR count). The molecule has 0 radical (unpaired) electrons. The molecule has 0 spiro atoms. The van der Waals surface area contributed by atoms with Crippen molar-refractivity contribution in [1.29, 1.82) is 0 Å². The first-order chi connectivity index (χ1) is 8.56. The minimum absolute atomic E-state index is 0.0289. The minimum Gasteiger partial charge on any atom is -0.320 e. The van der Waals surface area contributed by atoms with Crippen molar-refractivity contribution in [2.75, 3.05) is 5.32 Å². The first-order valence-corrected chi connectivity index (χ1v) is 5.56. The summed E-state index contributed by atoms with van der Waals surface area (Å²) in [5.74, 6) is -0.995. The number of aryl methyl sites for hydroxylation is 2. The van der Waals surface area contributed by atoms with Gasteiger partial charge in [0.1, 0.15) is 5.82 Å². The second-order valence-corrected chi connectivity index (χ2v) is 4.13. The number of halogens is 1. The number of benzene rings is 1. The molecular formula is C14H13FN2O. The third kappa shape index (κ3) is 2.71. The van der Waals surface area contributed by atoms with Crippen molar-refractivity contribution in [1.82, 2.24) is 4.98 Å². The van der Waals surface area contributed by atoms with Crippen molar-refractivity contribution < 1.29 is 9.18 Å². The molecule has 4 heteroatoms. The SMILES string of the molecule is Cc1ccc(C(=O)Nc2ccc(C)nc2)c(F)c1. The van der Waals surface area contributed by atoms with E-state index in [1.165, 1.54) is 12.1 Å². The predicted octanol–water partition coefficient (Wildman–Crippen LogP) is 3.09. The summed E-state index contributed by atoms with van der Waals surface area (Å²) in [5.41, 5.74) is 2.21. The molecule has 0 aliphatic heterocycles. The third-order valence-corrected chi connectivity index (χ3v) is 2.54. The van der Waals surface area contributed by atoms with Gasteiger partial charge in [0, 0.05) is 5.69 Å². The number of aromatic nitrogens is 1. The van der Waals surface area contributed by atoms with Crippen molar-refractivity contribution in [3.8, 4) is 0 Å². The van der Waals surface area contributed by atoms with Crippen molar-refractivity contribution in [3.63, 3.8) is 0 Å². The predicted molar refractivity (Wildman–Crippen MR) is 68.1 cm³/mol. The molecule has 0 unspecified atom stereocenters. The second-order valence-electron chi connectivity index (χ2n) is 4.13. The van der Waals surface area contributed by atoms with Gasteiger partial charge in [-0.25, -0.2) is 4.39 Å². The molecular weight excluding hydrogens is 231 g/mol. The number of amides is 1. The monoisotopic (exact) mass is 244 g/mol. The molecule has 0 fully saturated rings. The Labute approximate surface area is 105 Å². The lowest BCUT2D eigenvalue weighted by Gasteiger charge is -2.06. The highest BCUT2D eigenvalue weighted by Crippen LogP contribution is 2.13. The van der Waals surface area contributed by atoms with Crippen LogP contribution >= 0.6 is 0 Å². The molecule has 0 saturated heterocycles. The molecule has 1 aromatic carbocycles. The van der Waals surface area contributed by atoms with Gasteiger partial charge in [-0.3, -0.25) is 9.78 Å². The van der Waals surface area contributed by atoms with E-state index < -0.39 is 11.7 Å². The molecule has 1 N–H and O–H groups in total. The molecule has 1 heterocycles. The van der Waals surface area contributed by atoms with E-state index in [-0.39, 0.29) is 5.56 Å². The quantitative estimate of drug-likeness (QED) is 0.882. The molecule has 0 atom stereocenters. The summed E-state index contributed by atoms with van der Waals surface area (Å²) in [7, 11) is 0. The van der Waals surface area contributed by atoms with Gasteiger partial charge in [-0.1, -0.05) is 6.07 Å². The fraction of sp³-hybridized carbons (Fsp3) is 0.143. The van der Waals surface area contributed by atoms with E-state index in [1.54, 1.807) is 31.3 Å². The molecule has 0 saturated carbocycles. The van der Waals surface area contributed by atoms with Gasteiger partial charge < -0.3 is 5.32 Å². The summed E-state index contributed by atoms with van der Waals surface area (Å²) in [4.78, 5) is 15.9. The standard InChI is InChI=1S/C14H13FN2O/c1-9-3-6-12(13(15)7-9)14(18)17-11-5-4-10(2)16-8-11/h3-8H,1-2H3,(H,17,18). The molecule has 1 aromatic heterocycles. The van der Waals surface area contributed by atoms with Crippen LogP contribution < -0.4 is 5.32 Å². The fourth-order valence-corrected chi connectivity index (χ4v) is 1.54. The summed E-state index contributed by atoms with van der Waals surface area (Å²) >= 11 is 0. The van der Waals surface area contributed by atoms with Crippen LogP contribution in [0.15, 0.2) is 36.5 Å². The lowest BCUT2D eigenvalue weighted by Crippen LogP contribution is -2.14. The van der Waals surface area contributed by atoms with Crippen LogP contribution in [0, 0.1) is 19.7 Å². The Morgan fingerprint density at radius 1 is 1.22 bits per heavy atom. The number of pyridine rings is 1. The van der Waals surface area contributed by atoms with Crippen LogP contribution in [0.4, 0.5) is 10.1 Å². The molecule has 0 aliphatic carbocycles. The van der Waals surface area contributed by atoms with Gasteiger partial charge in [-0.05, 0) is 43.7 Å². The van der Waals surface area contributed by atoms with Gasteiger partial charge in [0.05, 0.1) is 17.4 Å². The van der Waals surface area contributed by atoms with Crippen LogP contribution in [0.3, 0.4) is 0 Å². The smallest absolute Gasteiger partial charge is 0.258 e. The molecule has 92 valence electrons. The lowest BCUT2D eigenvalue weighted by atomic mass is 10.1. The Bertz CT molecular complexity index is 579. The third-order valence-electron chi connectivity index (χ3n) is 2.54. The van der Waals surface area contributed by atoms with E-state index in [2.05, 4.69) is 10.3 Å². The number of anilines is 1. The first kappa shape index (κ1) is 12.2. The van der Waals surface area contributed by atoms with E-state index in [0.29, 0.717) is 5.69 Å². The normalized spacial score (nSPS) is 10.2. The van der Waals surface area contributed by atoms with E-state index in [1.807, 2.05) is 6.92 Å². The number of nitrogens with one attached hydrogen (secondary N) is 1. The second kappa shape index (κ2) is 4.96. The Morgan fingerprint density at radius 2 is 2.00 bits per heavy atom. The molecule has 18 heavy (non-hydrogen) atoms. The minimum atomic E-state index is -0.521. The van der Waals surface area contributed by atoms with Crippen LogP contribution in [-0.2, 0) is 0 Å².